The second-order valence-corrected chi connectivity index (χ2v) is 38.1. The van der Waals surface area contributed by atoms with E-state index in [0.717, 1.165) is 0 Å². The van der Waals surface area contributed by atoms with Gasteiger partial charge in [-0.1, -0.05) is 0 Å². The zero-order chi connectivity index (χ0) is 31.7. The Balaban J connectivity index is 2.07. The van der Waals surface area contributed by atoms with Crippen molar-refractivity contribution in [1.82, 2.24) is 0 Å². The third-order valence-electron chi connectivity index (χ3n) is 11.2. The summed E-state index contributed by atoms with van der Waals surface area (Å²) < 4.78 is 4.09. The van der Waals surface area contributed by atoms with Gasteiger partial charge in [0.25, 0.3) is 0 Å². The molecule has 0 spiro atoms. The van der Waals surface area contributed by atoms with Gasteiger partial charge in [-0.2, -0.15) is 0 Å². The fourth-order valence-corrected chi connectivity index (χ4v) is 57.8. The molecule has 0 nitrogen and oxygen atoms in total. The van der Waals surface area contributed by atoms with Crippen molar-refractivity contribution in [2.45, 2.75) is 116 Å². The SMILES string of the molecule is CCB(CC)C1=C(c2ccccc2)[Si](C)(C)[C]([Sn]([CH3])([CH3])[C]2=C(CC)C(B(CC)CC)=C(c3ccccc3)[Si]2(C)C)=C1CC. The van der Waals surface area contributed by atoms with E-state index in [1.165, 1.54) is 49.2 Å². The van der Waals surface area contributed by atoms with Crippen molar-refractivity contribution in [3.8, 4) is 0 Å². The fourth-order valence-electron chi connectivity index (χ4n) is 9.96. The molecular weight excluding hydrogens is 653 g/mol. The van der Waals surface area contributed by atoms with E-state index in [1.807, 2.05) is 17.6 Å². The van der Waals surface area contributed by atoms with Crippen molar-refractivity contribution in [3.63, 3.8) is 0 Å². The van der Waals surface area contributed by atoms with Gasteiger partial charge < -0.3 is 0 Å². The van der Waals surface area contributed by atoms with E-state index in [9.17, 15) is 0 Å². The molecule has 2 aromatic carbocycles. The maximum absolute atomic E-state index is 3.11. The molecule has 0 radical (unpaired) electrons. The number of hydrogen-bond donors (Lipinski definition) is 0. The van der Waals surface area contributed by atoms with Crippen molar-refractivity contribution in [2.24, 2.45) is 0 Å². The van der Waals surface area contributed by atoms with Gasteiger partial charge in [0.15, 0.2) is 0 Å². The predicted octanol–water partition coefficient (Wildman–Crippen LogP) is 11.8. The van der Waals surface area contributed by atoms with E-state index in [-0.39, 0.29) is 0 Å². The average Bonchev–Trinajstić information content (AvgIpc) is 3.38. The van der Waals surface area contributed by atoms with Crippen molar-refractivity contribution >= 4 is 58.3 Å². The zero-order valence-corrected chi connectivity index (χ0v) is 34.5. The molecule has 4 rings (SSSR count). The Morgan fingerprint density at radius 1 is 0.512 bits per heavy atom. The first-order valence-electron chi connectivity index (χ1n) is 17.5. The van der Waals surface area contributed by atoms with Crippen LogP contribution in [0.3, 0.4) is 0 Å². The second-order valence-electron chi connectivity index (χ2n) is 14.6. The van der Waals surface area contributed by atoms with E-state index >= 15 is 0 Å². The predicted molar refractivity (Wildman–Crippen MR) is 207 cm³/mol. The van der Waals surface area contributed by atoms with Crippen molar-refractivity contribution in [2.75, 3.05) is 0 Å². The zero-order valence-electron chi connectivity index (χ0n) is 29.7. The maximum atomic E-state index is 2.87. The molecule has 5 heteroatoms. The van der Waals surface area contributed by atoms with E-state index in [0.29, 0.717) is 13.4 Å². The minimum atomic E-state index is -3.11. The molecule has 43 heavy (non-hydrogen) atoms. The van der Waals surface area contributed by atoms with Gasteiger partial charge in [-0.25, -0.2) is 0 Å². The molecule has 0 atom stereocenters. The Hall–Kier alpha value is -1.24. The molecule has 0 saturated carbocycles. The first-order chi connectivity index (χ1) is 20.4. The number of allylic oxidation sites excluding steroid dienone is 4. The molecule has 228 valence electrons. The molecule has 0 saturated heterocycles. The van der Waals surface area contributed by atoms with Crippen LogP contribution in [-0.4, -0.2) is 48.0 Å². The Labute approximate surface area is 272 Å². The summed E-state index contributed by atoms with van der Waals surface area (Å²) in [6.45, 7) is 27.0. The van der Waals surface area contributed by atoms with Gasteiger partial charge in [-0.05, 0) is 0 Å². The van der Waals surface area contributed by atoms with Crippen LogP contribution in [0.4, 0.5) is 0 Å². The van der Waals surface area contributed by atoms with Crippen LogP contribution in [0.15, 0.2) is 89.2 Å². The summed E-state index contributed by atoms with van der Waals surface area (Å²) in [5, 5.41) is 3.57. The summed E-state index contributed by atoms with van der Waals surface area (Å²) in [5.41, 5.74) is 10.2. The molecule has 0 amide bonds. The standard InChI is InChI=1S/2C18H26BSi.2CH3.Sn/c2*1-6-15-14-20(4,5)18(16-12-10-9-11-13-16)17(15)19(7-2)8-3;;;/h2*9-13H,6-8H2,1-5H3;2*1H3;. The van der Waals surface area contributed by atoms with Gasteiger partial charge >= 0.3 is 274 Å². The normalized spacial score (nSPS) is 18.3. The van der Waals surface area contributed by atoms with Crippen LogP contribution in [-0.2, 0) is 0 Å². The van der Waals surface area contributed by atoms with Gasteiger partial charge in [-0.3, -0.25) is 0 Å². The van der Waals surface area contributed by atoms with Crippen LogP contribution in [0.1, 0.15) is 65.5 Å². The van der Waals surface area contributed by atoms with Crippen molar-refractivity contribution in [3.05, 3.63) is 100 Å². The Morgan fingerprint density at radius 2 is 0.814 bits per heavy atom. The fraction of sp³-hybridized carbons (Fsp3) is 0.474. The minimum absolute atomic E-state index is 0.656. The number of hydrogen-bond acceptors (Lipinski definition) is 0. The summed E-state index contributed by atoms with van der Waals surface area (Å²) in [4.78, 5) is 5.73. The first kappa shape index (κ1) is 34.6. The summed E-state index contributed by atoms with van der Waals surface area (Å²) in [5.74, 6) is 0. The molecule has 2 aliphatic heterocycles. The van der Waals surface area contributed by atoms with Crippen LogP contribution >= 0.6 is 0 Å². The molecule has 2 aliphatic rings. The Morgan fingerprint density at radius 3 is 1.07 bits per heavy atom. The Kier molecular flexibility index (Phi) is 11.0. The summed E-state index contributed by atoms with van der Waals surface area (Å²) in [6, 6.07) is 23.2. The Bertz CT molecular complexity index is 1330. The van der Waals surface area contributed by atoms with Gasteiger partial charge in [0.1, 0.15) is 0 Å². The van der Waals surface area contributed by atoms with Crippen LogP contribution in [0, 0.1) is 0 Å². The van der Waals surface area contributed by atoms with E-state index in [4.69, 9.17) is 0 Å². The van der Waals surface area contributed by atoms with Crippen LogP contribution in [0.2, 0.25) is 61.3 Å². The topological polar surface area (TPSA) is 0 Å². The molecule has 2 heterocycles. The molecule has 0 N–H and O–H groups in total. The second kappa shape index (κ2) is 13.6. The molecular formula is C38H58B2Si2Sn. The first-order valence-corrected chi connectivity index (χ1v) is 32.0. The van der Waals surface area contributed by atoms with E-state index in [2.05, 4.69) is 138 Å². The average molecular weight is 711 g/mol. The van der Waals surface area contributed by atoms with Crippen LogP contribution < -0.4 is 0 Å². The van der Waals surface area contributed by atoms with Gasteiger partial charge in [0.05, 0.1) is 0 Å². The third-order valence-corrected chi connectivity index (χ3v) is 45.8. The quantitative estimate of drug-likeness (QED) is 0.192. The molecule has 0 aliphatic carbocycles. The van der Waals surface area contributed by atoms with E-state index in [1.54, 1.807) is 21.3 Å². The third kappa shape index (κ3) is 5.80. The summed E-state index contributed by atoms with van der Waals surface area (Å²) in [6.07, 6.45) is 7.32. The number of rotatable bonds is 12. The van der Waals surface area contributed by atoms with Crippen LogP contribution in [0.25, 0.3) is 10.4 Å². The monoisotopic (exact) mass is 712 g/mol. The van der Waals surface area contributed by atoms with Crippen LogP contribution in [0.5, 0.6) is 0 Å². The molecule has 0 fully saturated rings. The van der Waals surface area contributed by atoms with Gasteiger partial charge in [0.2, 0.25) is 0 Å². The summed E-state index contributed by atoms with van der Waals surface area (Å²) in [7, 11) is -3.87. The van der Waals surface area contributed by atoms with E-state index < -0.39 is 34.5 Å². The molecule has 2 aromatic rings. The number of benzene rings is 2. The van der Waals surface area contributed by atoms with Crippen molar-refractivity contribution < 1.29 is 0 Å². The molecule has 0 aromatic heterocycles. The molecule has 0 bridgehead atoms. The van der Waals surface area contributed by atoms with Gasteiger partial charge in [-0.15, -0.1) is 0 Å². The molecule has 0 unspecified atom stereocenters. The van der Waals surface area contributed by atoms with Gasteiger partial charge in [0, 0.05) is 0 Å². The summed E-state index contributed by atoms with van der Waals surface area (Å²) >= 11 is -3.11. The van der Waals surface area contributed by atoms with Crippen molar-refractivity contribution in [1.29, 1.82) is 0 Å².